The third-order valence-electron chi connectivity index (χ3n) is 3.59. The van der Waals surface area contributed by atoms with Gasteiger partial charge in [-0.05, 0) is 25.3 Å². The molecular weight excluding hydrogens is 238 g/mol. The lowest BCUT2D eigenvalue weighted by Gasteiger charge is -2.18. The van der Waals surface area contributed by atoms with Crippen LogP contribution in [0.4, 0.5) is 0 Å². The van der Waals surface area contributed by atoms with Gasteiger partial charge in [0.15, 0.2) is 0 Å². The van der Waals surface area contributed by atoms with Crippen LogP contribution in [0.1, 0.15) is 39.2 Å². The van der Waals surface area contributed by atoms with E-state index in [1.807, 2.05) is 12.1 Å². The Labute approximate surface area is 117 Å². The average Bonchev–Trinajstić information content (AvgIpc) is 2.44. The highest BCUT2D eigenvalue weighted by atomic mass is 16.5. The van der Waals surface area contributed by atoms with Crippen molar-refractivity contribution in [1.29, 1.82) is 0 Å². The van der Waals surface area contributed by atoms with Crippen molar-refractivity contribution in [3.05, 3.63) is 23.8 Å². The molecule has 3 heteroatoms. The molecule has 0 radical (unpaired) electrons. The second-order valence-electron chi connectivity index (χ2n) is 5.21. The topological polar surface area (TPSA) is 30.5 Å². The van der Waals surface area contributed by atoms with Crippen LogP contribution in [0.15, 0.2) is 18.2 Å². The first-order valence-electron chi connectivity index (χ1n) is 7.05. The summed E-state index contributed by atoms with van der Waals surface area (Å²) in [4.78, 5) is 0. The van der Waals surface area contributed by atoms with Crippen molar-refractivity contribution >= 4 is 0 Å². The van der Waals surface area contributed by atoms with E-state index in [1.165, 1.54) is 18.4 Å². The maximum absolute atomic E-state index is 5.40. The summed E-state index contributed by atoms with van der Waals surface area (Å²) in [5, 5.41) is 3.56. The van der Waals surface area contributed by atoms with E-state index in [0.29, 0.717) is 6.04 Å². The molecule has 19 heavy (non-hydrogen) atoms. The molecule has 0 aliphatic rings. The summed E-state index contributed by atoms with van der Waals surface area (Å²) >= 11 is 0. The Kier molecular flexibility index (Phi) is 6.71. The number of hydrogen-bond acceptors (Lipinski definition) is 3. The molecule has 1 aromatic rings. The van der Waals surface area contributed by atoms with Crippen molar-refractivity contribution < 1.29 is 9.47 Å². The summed E-state index contributed by atoms with van der Waals surface area (Å²) in [5.41, 5.74) is 1.17. The van der Waals surface area contributed by atoms with Gasteiger partial charge in [-0.1, -0.05) is 26.3 Å². The van der Waals surface area contributed by atoms with Crippen molar-refractivity contribution in [2.75, 3.05) is 14.2 Å². The third kappa shape index (κ3) is 5.11. The molecule has 0 saturated heterocycles. The molecule has 0 spiro atoms. The van der Waals surface area contributed by atoms with Crippen molar-refractivity contribution in [2.24, 2.45) is 5.92 Å². The largest absolute Gasteiger partial charge is 0.497 e. The van der Waals surface area contributed by atoms with E-state index in [4.69, 9.17) is 9.47 Å². The summed E-state index contributed by atoms with van der Waals surface area (Å²) in [6.07, 6.45) is 2.44. The normalized spacial score (nSPS) is 13.9. The Hall–Kier alpha value is -1.22. The number of hydrogen-bond donors (Lipinski definition) is 1. The number of rotatable bonds is 8. The van der Waals surface area contributed by atoms with Gasteiger partial charge in [0.2, 0.25) is 0 Å². The van der Waals surface area contributed by atoms with Crippen molar-refractivity contribution in [3.63, 3.8) is 0 Å². The van der Waals surface area contributed by atoms with Crippen LogP contribution >= 0.6 is 0 Å². The van der Waals surface area contributed by atoms with Crippen LogP contribution in [0.5, 0.6) is 11.5 Å². The van der Waals surface area contributed by atoms with Crippen LogP contribution in [-0.4, -0.2) is 20.3 Å². The predicted molar refractivity (Wildman–Crippen MR) is 79.9 cm³/mol. The minimum atomic E-state index is 0.516. The monoisotopic (exact) mass is 265 g/mol. The SMILES string of the molecule is CCC(C)CC(C)NCc1ccc(OC)cc1OC. The van der Waals surface area contributed by atoms with Gasteiger partial charge in [-0.3, -0.25) is 0 Å². The van der Waals surface area contributed by atoms with Crippen LogP contribution in [-0.2, 0) is 6.54 Å². The molecule has 108 valence electrons. The Bertz CT molecular complexity index is 379. The van der Waals surface area contributed by atoms with Gasteiger partial charge >= 0.3 is 0 Å². The first kappa shape index (κ1) is 15.8. The second-order valence-corrected chi connectivity index (χ2v) is 5.21. The number of methoxy groups -OCH3 is 2. The van der Waals surface area contributed by atoms with Crippen molar-refractivity contribution in [2.45, 2.75) is 46.2 Å². The second kappa shape index (κ2) is 8.05. The van der Waals surface area contributed by atoms with Gasteiger partial charge in [-0.2, -0.15) is 0 Å². The molecule has 0 heterocycles. The molecule has 0 aliphatic carbocycles. The lowest BCUT2D eigenvalue weighted by molar-refractivity contribution is 0.383. The highest BCUT2D eigenvalue weighted by Gasteiger charge is 2.09. The quantitative estimate of drug-likeness (QED) is 0.778. The maximum Gasteiger partial charge on any atom is 0.127 e. The molecule has 0 fully saturated rings. The van der Waals surface area contributed by atoms with Crippen LogP contribution in [0.25, 0.3) is 0 Å². The van der Waals surface area contributed by atoms with Gasteiger partial charge in [-0.15, -0.1) is 0 Å². The molecule has 0 bridgehead atoms. The minimum Gasteiger partial charge on any atom is -0.497 e. The molecule has 1 aromatic carbocycles. The van der Waals surface area contributed by atoms with E-state index in [-0.39, 0.29) is 0 Å². The lowest BCUT2D eigenvalue weighted by Crippen LogP contribution is -2.27. The maximum atomic E-state index is 5.40. The molecule has 0 amide bonds. The Balaban J connectivity index is 2.57. The lowest BCUT2D eigenvalue weighted by atomic mass is 10.0. The minimum absolute atomic E-state index is 0.516. The van der Waals surface area contributed by atoms with Gasteiger partial charge in [0.1, 0.15) is 11.5 Å². The summed E-state index contributed by atoms with van der Waals surface area (Å²) in [6, 6.07) is 6.47. The fraction of sp³-hybridized carbons (Fsp3) is 0.625. The van der Waals surface area contributed by atoms with Crippen molar-refractivity contribution in [1.82, 2.24) is 5.32 Å². The third-order valence-corrected chi connectivity index (χ3v) is 3.59. The Morgan fingerprint density at radius 1 is 1.16 bits per heavy atom. The molecule has 0 aliphatic heterocycles. The average molecular weight is 265 g/mol. The highest BCUT2D eigenvalue weighted by Crippen LogP contribution is 2.24. The van der Waals surface area contributed by atoms with E-state index in [1.54, 1.807) is 14.2 Å². The van der Waals surface area contributed by atoms with Crippen LogP contribution in [0, 0.1) is 5.92 Å². The molecule has 1 rings (SSSR count). The van der Waals surface area contributed by atoms with Gasteiger partial charge in [0.05, 0.1) is 14.2 Å². The zero-order chi connectivity index (χ0) is 14.3. The van der Waals surface area contributed by atoms with Crippen LogP contribution < -0.4 is 14.8 Å². The molecule has 2 atom stereocenters. The summed E-state index contributed by atoms with van der Waals surface area (Å²) < 4.78 is 10.6. The van der Waals surface area contributed by atoms with E-state index < -0.39 is 0 Å². The summed E-state index contributed by atoms with van der Waals surface area (Å²) in [5.74, 6) is 2.47. The first-order chi connectivity index (χ1) is 9.10. The van der Waals surface area contributed by atoms with E-state index >= 15 is 0 Å². The smallest absolute Gasteiger partial charge is 0.127 e. The molecule has 0 saturated carbocycles. The highest BCUT2D eigenvalue weighted by molar-refractivity contribution is 5.40. The van der Waals surface area contributed by atoms with Gasteiger partial charge in [0, 0.05) is 24.2 Å². The predicted octanol–water partition coefficient (Wildman–Crippen LogP) is 3.62. The molecular formula is C16H27NO2. The van der Waals surface area contributed by atoms with E-state index in [9.17, 15) is 0 Å². The van der Waals surface area contributed by atoms with Crippen LogP contribution in [0.2, 0.25) is 0 Å². The van der Waals surface area contributed by atoms with Gasteiger partial charge < -0.3 is 14.8 Å². The zero-order valence-corrected chi connectivity index (χ0v) is 12.8. The van der Waals surface area contributed by atoms with E-state index in [0.717, 1.165) is 24.0 Å². The standard InChI is InChI=1S/C16H27NO2/c1-6-12(2)9-13(3)17-11-14-7-8-15(18-4)10-16(14)19-5/h7-8,10,12-13,17H,6,9,11H2,1-5H3. The summed E-state index contributed by atoms with van der Waals surface area (Å²) in [7, 11) is 3.36. The molecule has 2 unspecified atom stereocenters. The zero-order valence-electron chi connectivity index (χ0n) is 12.8. The molecule has 3 nitrogen and oxygen atoms in total. The number of benzene rings is 1. The van der Waals surface area contributed by atoms with Crippen LogP contribution in [0.3, 0.4) is 0 Å². The summed E-state index contributed by atoms with van der Waals surface area (Å²) in [6.45, 7) is 7.60. The molecule has 0 aromatic heterocycles. The van der Waals surface area contributed by atoms with Gasteiger partial charge in [-0.25, -0.2) is 0 Å². The fourth-order valence-corrected chi connectivity index (χ4v) is 2.14. The number of ether oxygens (including phenoxy) is 2. The van der Waals surface area contributed by atoms with Gasteiger partial charge in [0.25, 0.3) is 0 Å². The number of nitrogens with one attached hydrogen (secondary N) is 1. The van der Waals surface area contributed by atoms with E-state index in [2.05, 4.69) is 32.2 Å². The Morgan fingerprint density at radius 3 is 2.47 bits per heavy atom. The Morgan fingerprint density at radius 2 is 1.89 bits per heavy atom. The fourth-order valence-electron chi connectivity index (χ4n) is 2.14. The molecule has 1 N–H and O–H groups in total. The van der Waals surface area contributed by atoms with Crippen molar-refractivity contribution in [3.8, 4) is 11.5 Å². The first-order valence-corrected chi connectivity index (χ1v) is 7.05.